The molecule has 0 aromatic carbocycles. The fourth-order valence-corrected chi connectivity index (χ4v) is 1.64. The summed E-state index contributed by atoms with van der Waals surface area (Å²) in [5, 5.41) is 3.28. The number of hydrogen-bond donors (Lipinski definition) is 1. The molecular weight excluding hydrogens is 238 g/mol. The topological polar surface area (TPSA) is 47.0 Å². The molecule has 0 saturated carbocycles. The number of pyridine rings is 2. The van der Waals surface area contributed by atoms with Crippen LogP contribution in [0.4, 0.5) is 5.82 Å². The minimum Gasteiger partial charge on any atom is -0.490 e. The number of nitrogens with one attached hydrogen (secondary N) is 1. The second kappa shape index (κ2) is 6.73. The third-order valence-electron chi connectivity index (χ3n) is 2.66. The van der Waals surface area contributed by atoms with Crippen molar-refractivity contribution in [2.45, 2.75) is 26.8 Å². The highest BCUT2D eigenvalue weighted by atomic mass is 16.5. The summed E-state index contributed by atoms with van der Waals surface area (Å²) < 4.78 is 5.65. The van der Waals surface area contributed by atoms with E-state index in [9.17, 15) is 0 Å². The Bertz CT molecular complexity index is 511. The van der Waals surface area contributed by atoms with Crippen LogP contribution >= 0.6 is 0 Å². The van der Waals surface area contributed by atoms with Gasteiger partial charge in [0.25, 0.3) is 0 Å². The Labute approximate surface area is 113 Å². The van der Waals surface area contributed by atoms with Gasteiger partial charge in [-0.05, 0) is 37.1 Å². The standard InChI is InChI=1S/C15H19N3O/c1-3-9-19-14-5-4-8-16-15(14)18-11-13-7-6-12(2)17-10-13/h4-8,10H,3,9,11H2,1-2H3,(H,16,18). The highest BCUT2D eigenvalue weighted by Crippen LogP contribution is 2.21. The predicted octanol–water partition coefficient (Wildman–Crippen LogP) is 3.19. The SMILES string of the molecule is CCCOc1cccnc1NCc1ccc(C)nc1. The summed E-state index contributed by atoms with van der Waals surface area (Å²) in [5.41, 5.74) is 2.14. The number of anilines is 1. The minimum atomic E-state index is 0.687. The van der Waals surface area contributed by atoms with Gasteiger partial charge in [-0.3, -0.25) is 4.98 Å². The van der Waals surface area contributed by atoms with Crippen LogP contribution in [0.25, 0.3) is 0 Å². The Hall–Kier alpha value is -2.10. The molecule has 19 heavy (non-hydrogen) atoms. The fourth-order valence-electron chi connectivity index (χ4n) is 1.64. The predicted molar refractivity (Wildman–Crippen MR) is 76.3 cm³/mol. The summed E-state index contributed by atoms with van der Waals surface area (Å²) in [6, 6.07) is 7.87. The molecule has 2 rings (SSSR count). The van der Waals surface area contributed by atoms with Crippen molar-refractivity contribution in [2.75, 3.05) is 11.9 Å². The van der Waals surface area contributed by atoms with Crippen LogP contribution in [-0.2, 0) is 6.54 Å². The van der Waals surface area contributed by atoms with E-state index in [0.717, 1.165) is 29.2 Å². The van der Waals surface area contributed by atoms with E-state index in [1.54, 1.807) is 6.20 Å². The Morgan fingerprint density at radius 3 is 2.84 bits per heavy atom. The molecule has 0 fully saturated rings. The summed E-state index contributed by atoms with van der Waals surface area (Å²) in [6.45, 7) is 5.45. The second-order valence-electron chi connectivity index (χ2n) is 4.36. The molecule has 4 heteroatoms. The van der Waals surface area contributed by atoms with Crippen LogP contribution in [0.15, 0.2) is 36.7 Å². The van der Waals surface area contributed by atoms with E-state index in [0.29, 0.717) is 13.2 Å². The van der Waals surface area contributed by atoms with Crippen LogP contribution in [0, 0.1) is 6.92 Å². The van der Waals surface area contributed by atoms with Crippen molar-refractivity contribution in [1.29, 1.82) is 0 Å². The first-order valence-corrected chi connectivity index (χ1v) is 6.53. The van der Waals surface area contributed by atoms with E-state index >= 15 is 0 Å². The number of ether oxygens (including phenoxy) is 1. The maximum Gasteiger partial charge on any atom is 0.169 e. The van der Waals surface area contributed by atoms with E-state index in [-0.39, 0.29) is 0 Å². The van der Waals surface area contributed by atoms with Gasteiger partial charge in [0.05, 0.1) is 6.61 Å². The third kappa shape index (κ3) is 3.95. The molecule has 0 amide bonds. The number of hydrogen-bond acceptors (Lipinski definition) is 4. The molecule has 0 radical (unpaired) electrons. The molecule has 2 aromatic heterocycles. The Morgan fingerprint density at radius 2 is 2.11 bits per heavy atom. The quantitative estimate of drug-likeness (QED) is 0.863. The van der Waals surface area contributed by atoms with Crippen molar-refractivity contribution in [1.82, 2.24) is 9.97 Å². The zero-order chi connectivity index (χ0) is 13.5. The smallest absolute Gasteiger partial charge is 0.169 e. The molecule has 0 saturated heterocycles. The summed E-state index contributed by atoms with van der Waals surface area (Å²) in [6.07, 6.45) is 4.61. The van der Waals surface area contributed by atoms with Crippen molar-refractivity contribution < 1.29 is 4.74 Å². The van der Waals surface area contributed by atoms with Gasteiger partial charge in [0.1, 0.15) is 0 Å². The van der Waals surface area contributed by atoms with Crippen molar-refractivity contribution >= 4 is 5.82 Å². The lowest BCUT2D eigenvalue weighted by atomic mass is 10.2. The molecule has 0 spiro atoms. The molecule has 4 nitrogen and oxygen atoms in total. The van der Waals surface area contributed by atoms with Gasteiger partial charge in [0, 0.05) is 24.6 Å². The highest BCUT2D eigenvalue weighted by molar-refractivity contribution is 5.49. The lowest BCUT2D eigenvalue weighted by molar-refractivity contribution is 0.318. The van der Waals surface area contributed by atoms with E-state index < -0.39 is 0 Å². The van der Waals surface area contributed by atoms with Gasteiger partial charge in [-0.15, -0.1) is 0 Å². The van der Waals surface area contributed by atoms with Crippen LogP contribution in [0.1, 0.15) is 24.6 Å². The monoisotopic (exact) mass is 257 g/mol. The van der Waals surface area contributed by atoms with Gasteiger partial charge < -0.3 is 10.1 Å². The van der Waals surface area contributed by atoms with Crippen LogP contribution < -0.4 is 10.1 Å². The first kappa shape index (κ1) is 13.3. The van der Waals surface area contributed by atoms with Gasteiger partial charge in [0.15, 0.2) is 11.6 Å². The van der Waals surface area contributed by atoms with Gasteiger partial charge in [-0.1, -0.05) is 13.0 Å². The zero-order valence-electron chi connectivity index (χ0n) is 11.4. The summed E-state index contributed by atoms with van der Waals surface area (Å²) in [7, 11) is 0. The molecule has 2 aromatic rings. The molecule has 0 bridgehead atoms. The molecular formula is C15H19N3O. The lowest BCUT2D eigenvalue weighted by Gasteiger charge is -2.11. The molecule has 0 atom stereocenters. The average Bonchev–Trinajstić information content (AvgIpc) is 2.45. The molecule has 0 aliphatic rings. The number of rotatable bonds is 6. The van der Waals surface area contributed by atoms with E-state index in [2.05, 4.69) is 28.3 Å². The van der Waals surface area contributed by atoms with Gasteiger partial charge in [0.2, 0.25) is 0 Å². The van der Waals surface area contributed by atoms with Crippen molar-refractivity contribution in [2.24, 2.45) is 0 Å². The van der Waals surface area contributed by atoms with Crippen molar-refractivity contribution in [3.63, 3.8) is 0 Å². The van der Waals surface area contributed by atoms with Gasteiger partial charge in [-0.2, -0.15) is 0 Å². The van der Waals surface area contributed by atoms with Gasteiger partial charge >= 0.3 is 0 Å². The summed E-state index contributed by atoms with van der Waals surface area (Å²) in [5.74, 6) is 1.57. The van der Waals surface area contributed by atoms with E-state index in [1.807, 2.05) is 31.3 Å². The lowest BCUT2D eigenvalue weighted by Crippen LogP contribution is -2.05. The second-order valence-corrected chi connectivity index (χ2v) is 4.36. The maximum absolute atomic E-state index is 5.65. The summed E-state index contributed by atoms with van der Waals surface area (Å²) >= 11 is 0. The number of aryl methyl sites for hydroxylation is 1. The average molecular weight is 257 g/mol. The molecule has 0 unspecified atom stereocenters. The first-order valence-electron chi connectivity index (χ1n) is 6.53. The van der Waals surface area contributed by atoms with Gasteiger partial charge in [-0.25, -0.2) is 4.98 Å². The molecule has 0 aliphatic heterocycles. The largest absolute Gasteiger partial charge is 0.490 e. The number of aromatic nitrogens is 2. The van der Waals surface area contributed by atoms with Crippen molar-refractivity contribution in [3.05, 3.63) is 47.9 Å². The van der Waals surface area contributed by atoms with Crippen LogP contribution in [0.5, 0.6) is 5.75 Å². The van der Waals surface area contributed by atoms with E-state index in [4.69, 9.17) is 4.74 Å². The van der Waals surface area contributed by atoms with Crippen LogP contribution in [0.3, 0.4) is 0 Å². The Kier molecular flexibility index (Phi) is 4.72. The molecule has 0 aliphatic carbocycles. The third-order valence-corrected chi connectivity index (χ3v) is 2.66. The maximum atomic E-state index is 5.65. The Balaban J connectivity index is 2.00. The molecule has 2 heterocycles. The number of nitrogens with zero attached hydrogens (tertiary/aromatic N) is 2. The molecule has 100 valence electrons. The Morgan fingerprint density at radius 1 is 1.21 bits per heavy atom. The highest BCUT2D eigenvalue weighted by Gasteiger charge is 2.03. The molecule has 1 N–H and O–H groups in total. The zero-order valence-corrected chi connectivity index (χ0v) is 11.4. The minimum absolute atomic E-state index is 0.687. The van der Waals surface area contributed by atoms with Crippen molar-refractivity contribution in [3.8, 4) is 5.75 Å². The van der Waals surface area contributed by atoms with Crippen LogP contribution in [-0.4, -0.2) is 16.6 Å². The summed E-state index contributed by atoms with van der Waals surface area (Å²) in [4.78, 5) is 8.58. The fraction of sp³-hybridized carbons (Fsp3) is 0.333. The normalized spacial score (nSPS) is 10.2. The first-order chi connectivity index (χ1) is 9.29. The van der Waals surface area contributed by atoms with Crippen LogP contribution in [0.2, 0.25) is 0 Å². The van der Waals surface area contributed by atoms with E-state index in [1.165, 1.54) is 0 Å².